The number of carbonyl (C=O) groups excluding carboxylic acids is 1. The first-order valence-electron chi connectivity index (χ1n) is 11.5. The zero-order valence-corrected chi connectivity index (χ0v) is 23.1. The molecule has 1 amide bonds. The molecule has 0 aliphatic heterocycles. The number of hydrogen-bond donors (Lipinski definition) is 1. The third kappa shape index (κ3) is 7.62. The van der Waals surface area contributed by atoms with Crippen molar-refractivity contribution in [2.24, 2.45) is 0 Å². The lowest BCUT2D eigenvalue weighted by molar-refractivity contribution is -0.112. The molecule has 0 aromatic heterocycles. The van der Waals surface area contributed by atoms with Crippen LogP contribution in [0.2, 0.25) is 10.0 Å². The summed E-state index contributed by atoms with van der Waals surface area (Å²) in [6.45, 7) is 0.745. The lowest BCUT2D eigenvalue weighted by Crippen LogP contribution is -2.13. The summed E-state index contributed by atoms with van der Waals surface area (Å²) in [7, 11) is 0. The first-order valence-corrected chi connectivity index (χ1v) is 13.0. The van der Waals surface area contributed by atoms with Crippen molar-refractivity contribution in [2.45, 2.75) is 13.2 Å². The van der Waals surface area contributed by atoms with Crippen LogP contribution in [-0.4, -0.2) is 5.91 Å². The van der Waals surface area contributed by atoms with Gasteiger partial charge in [-0.1, -0.05) is 65.7 Å². The number of nitrogens with zero attached hydrogens (tertiary/aromatic N) is 1. The van der Waals surface area contributed by atoms with Crippen LogP contribution in [0, 0.1) is 11.3 Å². The highest BCUT2D eigenvalue weighted by atomic mass is 79.9. The average Bonchev–Trinajstić information content (AvgIpc) is 2.93. The zero-order chi connectivity index (χ0) is 26.9. The number of amides is 1. The molecule has 0 radical (unpaired) electrons. The Labute approximate surface area is 239 Å². The molecule has 4 aromatic carbocycles. The predicted molar refractivity (Wildman–Crippen MR) is 154 cm³/mol. The summed E-state index contributed by atoms with van der Waals surface area (Å²) in [5.74, 6) is 0.765. The topological polar surface area (TPSA) is 71.3 Å². The molecule has 0 spiro atoms. The van der Waals surface area contributed by atoms with Gasteiger partial charge in [-0.2, -0.15) is 5.26 Å². The van der Waals surface area contributed by atoms with E-state index in [4.69, 9.17) is 32.7 Å². The summed E-state index contributed by atoms with van der Waals surface area (Å²) in [6, 6.07) is 29.4. The number of nitrogens with one attached hydrogen (secondary N) is 1. The molecule has 190 valence electrons. The molecule has 0 heterocycles. The third-order valence-electron chi connectivity index (χ3n) is 5.37. The number of nitriles is 1. The second-order valence-corrected chi connectivity index (χ2v) is 9.82. The summed E-state index contributed by atoms with van der Waals surface area (Å²) in [5.41, 5.74) is 3.11. The minimum absolute atomic E-state index is 0.0363. The number of rotatable bonds is 9. The summed E-state index contributed by atoms with van der Waals surface area (Å²) >= 11 is 15.5. The lowest BCUT2D eigenvalue weighted by atomic mass is 10.1. The van der Waals surface area contributed by atoms with Crippen LogP contribution in [0.4, 0.5) is 5.69 Å². The molecule has 0 saturated carbocycles. The SMILES string of the molecule is N#C/C(=C\c1ccc(OCc2ccc(Cl)c(Cl)c2)c(Br)c1)C(=O)Nc1ccc(OCc2ccccc2)cc1. The maximum absolute atomic E-state index is 12.7. The van der Waals surface area contributed by atoms with E-state index in [2.05, 4.69) is 21.2 Å². The summed E-state index contributed by atoms with van der Waals surface area (Å²) < 4.78 is 12.3. The van der Waals surface area contributed by atoms with Crippen molar-refractivity contribution in [1.82, 2.24) is 0 Å². The number of carbonyl (C=O) groups is 1. The van der Waals surface area contributed by atoms with Crippen molar-refractivity contribution >= 4 is 56.8 Å². The summed E-state index contributed by atoms with van der Waals surface area (Å²) in [6.07, 6.45) is 1.51. The predicted octanol–water partition coefficient (Wildman–Crippen LogP) is 8.46. The van der Waals surface area contributed by atoms with Gasteiger partial charge < -0.3 is 14.8 Å². The number of ether oxygens (including phenoxy) is 2. The van der Waals surface area contributed by atoms with E-state index in [1.54, 1.807) is 54.6 Å². The Bertz CT molecular complexity index is 1500. The van der Waals surface area contributed by atoms with E-state index in [-0.39, 0.29) is 5.57 Å². The molecule has 0 aliphatic carbocycles. The second-order valence-electron chi connectivity index (χ2n) is 8.15. The number of hydrogen-bond acceptors (Lipinski definition) is 4. The Balaban J connectivity index is 1.36. The first kappa shape index (κ1) is 27.3. The van der Waals surface area contributed by atoms with Crippen LogP contribution in [0.25, 0.3) is 6.08 Å². The van der Waals surface area contributed by atoms with Gasteiger partial charge in [0.05, 0.1) is 14.5 Å². The molecule has 0 bridgehead atoms. The van der Waals surface area contributed by atoms with Crippen LogP contribution >= 0.6 is 39.1 Å². The van der Waals surface area contributed by atoms with E-state index < -0.39 is 5.91 Å². The van der Waals surface area contributed by atoms with Gasteiger partial charge in [0.2, 0.25) is 0 Å². The molecule has 8 heteroatoms. The highest BCUT2D eigenvalue weighted by molar-refractivity contribution is 9.10. The smallest absolute Gasteiger partial charge is 0.266 e. The van der Waals surface area contributed by atoms with Crippen LogP contribution in [0.3, 0.4) is 0 Å². The van der Waals surface area contributed by atoms with Gasteiger partial charge in [-0.15, -0.1) is 0 Å². The van der Waals surface area contributed by atoms with Gasteiger partial charge in [0.15, 0.2) is 0 Å². The van der Waals surface area contributed by atoms with Gasteiger partial charge in [-0.05, 0) is 87.2 Å². The minimum Gasteiger partial charge on any atom is -0.489 e. The standard InChI is InChI=1S/C30H21BrCl2N2O3/c31-26-15-21(7-13-29(26)38-19-22-6-12-27(32)28(33)16-22)14-23(17-34)30(36)35-24-8-10-25(11-9-24)37-18-20-4-2-1-3-5-20/h1-16H,18-19H2,(H,35,36)/b23-14+. The largest absolute Gasteiger partial charge is 0.489 e. The van der Waals surface area contributed by atoms with E-state index in [0.29, 0.717) is 50.5 Å². The van der Waals surface area contributed by atoms with Crippen molar-refractivity contribution in [3.63, 3.8) is 0 Å². The van der Waals surface area contributed by atoms with Crippen molar-refractivity contribution < 1.29 is 14.3 Å². The van der Waals surface area contributed by atoms with E-state index >= 15 is 0 Å². The third-order valence-corrected chi connectivity index (χ3v) is 6.73. The fourth-order valence-electron chi connectivity index (χ4n) is 3.40. The highest BCUT2D eigenvalue weighted by Gasteiger charge is 2.11. The normalized spacial score (nSPS) is 10.9. The molecule has 0 aliphatic rings. The molecule has 4 aromatic rings. The molecule has 0 unspecified atom stereocenters. The Morgan fingerprint density at radius 1 is 0.868 bits per heavy atom. The maximum Gasteiger partial charge on any atom is 0.266 e. The molecule has 4 rings (SSSR count). The van der Waals surface area contributed by atoms with Gasteiger partial charge >= 0.3 is 0 Å². The molecular formula is C30H21BrCl2N2O3. The van der Waals surface area contributed by atoms with Crippen LogP contribution in [-0.2, 0) is 18.0 Å². The molecule has 0 saturated heterocycles. The Hall–Kier alpha value is -3.76. The lowest BCUT2D eigenvalue weighted by Gasteiger charge is -2.10. The molecule has 5 nitrogen and oxygen atoms in total. The van der Waals surface area contributed by atoms with Gasteiger partial charge in [-0.3, -0.25) is 4.79 Å². The van der Waals surface area contributed by atoms with Gasteiger partial charge in [-0.25, -0.2) is 0 Å². The summed E-state index contributed by atoms with van der Waals surface area (Å²) in [4.78, 5) is 12.7. The molecule has 38 heavy (non-hydrogen) atoms. The van der Waals surface area contributed by atoms with Crippen LogP contribution in [0.15, 0.2) is 101 Å². The van der Waals surface area contributed by atoms with Gasteiger partial charge in [0.25, 0.3) is 5.91 Å². The van der Waals surface area contributed by atoms with E-state index in [9.17, 15) is 10.1 Å². The van der Waals surface area contributed by atoms with E-state index in [1.165, 1.54) is 6.08 Å². The van der Waals surface area contributed by atoms with Crippen molar-refractivity contribution in [2.75, 3.05) is 5.32 Å². The molecule has 0 fully saturated rings. The van der Waals surface area contributed by atoms with Crippen LogP contribution in [0.1, 0.15) is 16.7 Å². The monoisotopic (exact) mass is 606 g/mol. The Kier molecular flexibility index (Phi) is 9.45. The molecular weight excluding hydrogens is 587 g/mol. The van der Waals surface area contributed by atoms with Crippen LogP contribution < -0.4 is 14.8 Å². The average molecular weight is 608 g/mol. The maximum atomic E-state index is 12.7. The Morgan fingerprint density at radius 2 is 1.61 bits per heavy atom. The van der Waals surface area contributed by atoms with E-state index in [0.717, 1.165) is 11.1 Å². The van der Waals surface area contributed by atoms with Crippen molar-refractivity contribution in [1.29, 1.82) is 5.26 Å². The quantitative estimate of drug-likeness (QED) is 0.153. The Morgan fingerprint density at radius 3 is 2.29 bits per heavy atom. The number of anilines is 1. The van der Waals surface area contributed by atoms with Crippen molar-refractivity contribution in [3.8, 4) is 17.6 Å². The first-order chi connectivity index (χ1) is 18.4. The zero-order valence-electron chi connectivity index (χ0n) is 20.0. The van der Waals surface area contributed by atoms with Crippen LogP contribution in [0.5, 0.6) is 11.5 Å². The molecule has 0 atom stereocenters. The van der Waals surface area contributed by atoms with E-state index in [1.807, 2.05) is 42.5 Å². The highest BCUT2D eigenvalue weighted by Crippen LogP contribution is 2.29. The van der Waals surface area contributed by atoms with Gasteiger partial charge in [0.1, 0.15) is 36.4 Å². The number of benzene rings is 4. The molecule has 1 N–H and O–H groups in total. The fourth-order valence-corrected chi connectivity index (χ4v) is 4.24. The number of halogens is 3. The van der Waals surface area contributed by atoms with Gasteiger partial charge in [0, 0.05) is 5.69 Å². The summed E-state index contributed by atoms with van der Waals surface area (Å²) in [5, 5.41) is 13.3. The minimum atomic E-state index is -0.512. The second kappa shape index (κ2) is 13.2. The fraction of sp³-hybridized carbons (Fsp3) is 0.0667. The van der Waals surface area contributed by atoms with Crippen molar-refractivity contribution in [3.05, 3.63) is 128 Å².